The molecule has 0 bridgehead atoms. The SMILES string of the molecule is CN(C)c1ccc(-c2ccc3c(c2)C2(CCO3)CC2C(=O)NC2=CCC(C#N)=CC=C2CCCC(=O)O)cn1. The highest BCUT2D eigenvalue weighted by Gasteiger charge is 2.61. The molecule has 2 atom stereocenters. The van der Waals surface area contributed by atoms with Crippen LogP contribution in [0, 0.1) is 17.2 Å². The van der Waals surface area contributed by atoms with Crippen LogP contribution in [0.15, 0.2) is 71.6 Å². The van der Waals surface area contributed by atoms with Gasteiger partial charge in [0.2, 0.25) is 5.91 Å². The van der Waals surface area contributed by atoms with Gasteiger partial charge in [0, 0.05) is 66.9 Å². The van der Waals surface area contributed by atoms with Crippen LogP contribution in [0.1, 0.15) is 44.1 Å². The quantitative estimate of drug-likeness (QED) is 0.505. The smallest absolute Gasteiger partial charge is 0.303 e. The summed E-state index contributed by atoms with van der Waals surface area (Å²) in [5.41, 5.74) is 4.92. The zero-order chi connectivity index (χ0) is 27.6. The molecule has 0 radical (unpaired) electrons. The van der Waals surface area contributed by atoms with E-state index in [1.165, 1.54) is 0 Å². The second-order valence-corrected chi connectivity index (χ2v) is 10.6. The highest BCUT2D eigenvalue weighted by Crippen LogP contribution is 2.61. The number of pyridine rings is 1. The fourth-order valence-electron chi connectivity index (χ4n) is 5.53. The Bertz CT molecular complexity index is 1430. The molecule has 1 aliphatic heterocycles. The van der Waals surface area contributed by atoms with Gasteiger partial charge in [-0.2, -0.15) is 5.26 Å². The van der Waals surface area contributed by atoms with Crippen molar-refractivity contribution in [1.29, 1.82) is 5.26 Å². The van der Waals surface area contributed by atoms with Crippen molar-refractivity contribution >= 4 is 17.7 Å². The fraction of sp³-hybridized carbons (Fsp3) is 0.355. The lowest BCUT2D eigenvalue weighted by Crippen LogP contribution is -2.31. The molecule has 1 fully saturated rings. The Morgan fingerprint density at radius 2 is 2.05 bits per heavy atom. The van der Waals surface area contributed by atoms with Crippen molar-refractivity contribution in [2.75, 3.05) is 25.6 Å². The van der Waals surface area contributed by atoms with E-state index in [1.807, 2.05) is 55.5 Å². The maximum absolute atomic E-state index is 13.6. The molecule has 1 aromatic heterocycles. The van der Waals surface area contributed by atoms with E-state index in [0.717, 1.165) is 46.7 Å². The molecule has 5 rings (SSSR count). The van der Waals surface area contributed by atoms with Crippen molar-refractivity contribution in [1.82, 2.24) is 10.3 Å². The Morgan fingerprint density at radius 3 is 2.77 bits per heavy atom. The number of carboxylic acids is 1. The zero-order valence-corrected chi connectivity index (χ0v) is 22.2. The van der Waals surface area contributed by atoms with Crippen LogP contribution in [0.5, 0.6) is 5.75 Å². The van der Waals surface area contributed by atoms with E-state index >= 15 is 0 Å². The first-order valence-electron chi connectivity index (χ1n) is 13.2. The molecule has 2 N–H and O–H groups in total. The number of hydrogen-bond donors (Lipinski definition) is 2. The number of nitrogens with one attached hydrogen (secondary N) is 1. The van der Waals surface area contributed by atoms with E-state index in [9.17, 15) is 14.9 Å². The second-order valence-electron chi connectivity index (χ2n) is 10.6. The van der Waals surface area contributed by atoms with Crippen LogP contribution >= 0.6 is 0 Å². The third-order valence-corrected chi connectivity index (χ3v) is 7.85. The summed E-state index contributed by atoms with van der Waals surface area (Å²) in [5, 5.41) is 21.5. The topological polar surface area (TPSA) is 116 Å². The Morgan fingerprint density at radius 1 is 1.23 bits per heavy atom. The molecule has 2 unspecified atom stereocenters. The summed E-state index contributed by atoms with van der Waals surface area (Å²) >= 11 is 0. The number of benzene rings is 1. The molecular weight excluding hydrogens is 492 g/mol. The first-order valence-corrected chi connectivity index (χ1v) is 13.2. The van der Waals surface area contributed by atoms with Gasteiger partial charge in [0.05, 0.1) is 12.7 Å². The minimum Gasteiger partial charge on any atom is -0.493 e. The normalized spacial score (nSPS) is 21.3. The first kappa shape index (κ1) is 26.2. The molecule has 1 aromatic carbocycles. The number of carbonyl (C=O) groups excluding carboxylic acids is 1. The van der Waals surface area contributed by atoms with Gasteiger partial charge < -0.3 is 20.1 Å². The number of nitriles is 1. The van der Waals surface area contributed by atoms with Crippen LogP contribution in [0.2, 0.25) is 0 Å². The molecule has 1 spiro atoms. The van der Waals surface area contributed by atoms with Crippen molar-refractivity contribution in [2.24, 2.45) is 5.92 Å². The van der Waals surface area contributed by atoms with E-state index in [2.05, 4.69) is 28.5 Å². The minimum atomic E-state index is -0.853. The van der Waals surface area contributed by atoms with E-state index in [-0.39, 0.29) is 23.7 Å². The standard InChI is InChI=1S/C31H32N4O4/c1-35(2)28-13-10-23(19-33-28)22-9-12-27-24(16-22)31(14-15-39-27)17-25(31)30(38)34-26-11-7-20(18-32)6-8-21(26)4-3-5-29(36)37/h6,8-13,16,19,25H,3-5,7,14-15,17H2,1-2H3,(H,34,38)(H,36,37). The second kappa shape index (κ2) is 10.8. The van der Waals surface area contributed by atoms with Crippen molar-refractivity contribution < 1.29 is 19.4 Å². The summed E-state index contributed by atoms with van der Waals surface area (Å²) in [4.78, 5) is 31.1. The van der Waals surface area contributed by atoms with Crippen LogP contribution in [0.25, 0.3) is 11.1 Å². The first-order chi connectivity index (χ1) is 18.8. The maximum Gasteiger partial charge on any atom is 0.303 e. The number of fused-ring (bicyclic) bond motifs is 2. The largest absolute Gasteiger partial charge is 0.493 e. The number of carbonyl (C=O) groups is 2. The van der Waals surface area contributed by atoms with Crippen LogP contribution < -0.4 is 15.0 Å². The molecule has 200 valence electrons. The van der Waals surface area contributed by atoms with Crippen molar-refractivity contribution in [3.05, 3.63) is 77.2 Å². The number of aromatic nitrogens is 1. The van der Waals surface area contributed by atoms with Gasteiger partial charge in [0.25, 0.3) is 0 Å². The molecule has 2 heterocycles. The molecule has 8 heteroatoms. The van der Waals surface area contributed by atoms with Gasteiger partial charge in [-0.1, -0.05) is 18.2 Å². The number of aliphatic carboxylic acids is 1. The number of anilines is 1. The van der Waals surface area contributed by atoms with Gasteiger partial charge in [-0.05, 0) is 67.2 Å². The number of hydrogen-bond acceptors (Lipinski definition) is 6. The molecule has 0 saturated heterocycles. The van der Waals surface area contributed by atoms with Crippen LogP contribution in [-0.4, -0.2) is 42.7 Å². The van der Waals surface area contributed by atoms with E-state index in [1.54, 1.807) is 6.08 Å². The molecule has 2 aromatic rings. The predicted molar refractivity (Wildman–Crippen MR) is 148 cm³/mol. The molecule has 8 nitrogen and oxygen atoms in total. The lowest BCUT2D eigenvalue weighted by atomic mass is 9.85. The summed E-state index contributed by atoms with van der Waals surface area (Å²) in [6, 6.07) is 12.4. The van der Waals surface area contributed by atoms with Crippen molar-refractivity contribution in [2.45, 2.75) is 43.9 Å². The van der Waals surface area contributed by atoms with Crippen LogP contribution in [0.3, 0.4) is 0 Å². The molecule has 2 aliphatic carbocycles. The van der Waals surface area contributed by atoms with Gasteiger partial charge in [-0.3, -0.25) is 9.59 Å². The van der Waals surface area contributed by atoms with Gasteiger partial charge in [-0.25, -0.2) is 4.98 Å². The highest BCUT2D eigenvalue weighted by atomic mass is 16.5. The average Bonchev–Trinajstić information content (AvgIpc) is 3.68. The number of ether oxygens (including phenoxy) is 1. The lowest BCUT2D eigenvalue weighted by Gasteiger charge is -2.27. The lowest BCUT2D eigenvalue weighted by molar-refractivity contribution is -0.137. The fourth-order valence-corrected chi connectivity index (χ4v) is 5.53. The Kier molecular flexibility index (Phi) is 7.25. The molecule has 1 saturated carbocycles. The van der Waals surface area contributed by atoms with Crippen LogP contribution in [0.4, 0.5) is 5.82 Å². The average molecular weight is 525 g/mol. The van der Waals surface area contributed by atoms with Crippen LogP contribution in [-0.2, 0) is 15.0 Å². The minimum absolute atomic E-state index is 0.0473. The van der Waals surface area contributed by atoms with Crippen molar-refractivity contribution in [3.63, 3.8) is 0 Å². The number of carboxylic acid groups (broad SMARTS) is 1. The summed E-state index contributed by atoms with van der Waals surface area (Å²) in [6.45, 7) is 0.563. The van der Waals surface area contributed by atoms with E-state index < -0.39 is 5.97 Å². The summed E-state index contributed by atoms with van der Waals surface area (Å²) in [5.74, 6) is 0.605. The molecule has 39 heavy (non-hydrogen) atoms. The molecular formula is C31H32N4O4. The third kappa shape index (κ3) is 5.44. The number of amides is 1. The number of rotatable bonds is 8. The van der Waals surface area contributed by atoms with Gasteiger partial charge in [-0.15, -0.1) is 0 Å². The van der Waals surface area contributed by atoms with Gasteiger partial charge in [0.15, 0.2) is 0 Å². The zero-order valence-electron chi connectivity index (χ0n) is 22.2. The van der Waals surface area contributed by atoms with Gasteiger partial charge in [0.1, 0.15) is 11.6 Å². The summed E-state index contributed by atoms with van der Waals surface area (Å²) in [6.07, 6.45) is 10.2. The summed E-state index contributed by atoms with van der Waals surface area (Å²) in [7, 11) is 3.91. The number of allylic oxidation sites excluding steroid dienone is 5. The highest BCUT2D eigenvalue weighted by molar-refractivity contribution is 5.87. The third-order valence-electron chi connectivity index (χ3n) is 7.85. The Hall–Kier alpha value is -4.38. The monoisotopic (exact) mass is 524 g/mol. The predicted octanol–water partition coefficient (Wildman–Crippen LogP) is 4.89. The maximum atomic E-state index is 13.6. The number of nitrogens with zero attached hydrogens (tertiary/aromatic N) is 3. The summed E-state index contributed by atoms with van der Waals surface area (Å²) < 4.78 is 5.98. The van der Waals surface area contributed by atoms with Gasteiger partial charge >= 0.3 is 5.97 Å². The van der Waals surface area contributed by atoms with Crippen molar-refractivity contribution in [3.8, 4) is 22.9 Å². The van der Waals surface area contributed by atoms with E-state index in [4.69, 9.17) is 9.84 Å². The Labute approximate surface area is 228 Å². The Balaban J connectivity index is 1.35. The van der Waals surface area contributed by atoms with E-state index in [0.29, 0.717) is 37.1 Å². The molecule has 3 aliphatic rings. The molecule has 1 amide bonds.